The summed E-state index contributed by atoms with van der Waals surface area (Å²) in [5, 5.41) is 4.10. The number of piperidine rings is 1. The van der Waals surface area contributed by atoms with Gasteiger partial charge in [-0.2, -0.15) is 5.10 Å². The van der Waals surface area contributed by atoms with E-state index >= 15 is 0 Å². The van der Waals surface area contributed by atoms with Crippen molar-refractivity contribution in [2.24, 2.45) is 5.10 Å². The second kappa shape index (κ2) is 7.98. The highest BCUT2D eigenvalue weighted by atomic mass is 16.6. The van der Waals surface area contributed by atoms with E-state index in [1.165, 1.54) is 0 Å². The molecule has 0 unspecified atom stereocenters. The normalized spacial score (nSPS) is 18.6. The average molecular weight is 373 g/mol. The van der Waals surface area contributed by atoms with Crippen LogP contribution in [0.25, 0.3) is 0 Å². The van der Waals surface area contributed by atoms with Crippen LogP contribution in [-0.4, -0.2) is 47.4 Å². The van der Waals surface area contributed by atoms with E-state index < -0.39 is 5.60 Å². The van der Waals surface area contributed by atoms with E-state index in [4.69, 9.17) is 9.47 Å². The molecule has 7 nitrogen and oxygen atoms in total. The predicted octanol–water partition coefficient (Wildman–Crippen LogP) is 3.08. The Morgan fingerprint density at radius 3 is 2.37 bits per heavy atom. The van der Waals surface area contributed by atoms with Crippen molar-refractivity contribution in [2.75, 3.05) is 13.1 Å². The molecule has 0 bridgehead atoms. The molecule has 0 spiro atoms. The number of benzene rings is 1. The van der Waals surface area contributed by atoms with Gasteiger partial charge < -0.3 is 14.4 Å². The number of rotatable bonds is 3. The molecule has 2 amide bonds. The van der Waals surface area contributed by atoms with Crippen molar-refractivity contribution in [3.8, 4) is 5.75 Å². The molecule has 146 valence electrons. The van der Waals surface area contributed by atoms with E-state index in [1.54, 1.807) is 4.90 Å². The molecule has 3 rings (SSSR count). The van der Waals surface area contributed by atoms with Crippen LogP contribution < -0.4 is 10.2 Å². The lowest BCUT2D eigenvalue weighted by molar-refractivity contribution is -0.121. The number of amides is 2. The van der Waals surface area contributed by atoms with Gasteiger partial charge in [-0.05, 0) is 50.6 Å². The van der Waals surface area contributed by atoms with Gasteiger partial charge in [-0.3, -0.25) is 4.79 Å². The maximum atomic E-state index is 12.1. The second-order valence-electron chi connectivity index (χ2n) is 7.90. The third-order valence-corrected chi connectivity index (χ3v) is 4.49. The van der Waals surface area contributed by atoms with Crippen molar-refractivity contribution < 1.29 is 19.1 Å². The molecular weight excluding hydrogens is 346 g/mol. The van der Waals surface area contributed by atoms with E-state index in [2.05, 4.69) is 10.5 Å². The highest BCUT2D eigenvalue weighted by Gasteiger charge is 2.27. The zero-order valence-electron chi connectivity index (χ0n) is 16.2. The number of nitrogens with zero attached hydrogens (tertiary/aromatic N) is 2. The average Bonchev–Trinajstić information content (AvgIpc) is 2.62. The lowest BCUT2D eigenvalue weighted by Crippen LogP contribution is -2.44. The Balaban J connectivity index is 1.49. The SMILES string of the molecule is CC(C)(C)OC(=O)N1CCC(Oc2ccc(C3=NNC(=O)CC3)cc2)CC1. The van der Waals surface area contributed by atoms with Gasteiger partial charge in [-0.25, -0.2) is 10.2 Å². The minimum absolute atomic E-state index is 0.0450. The molecule has 27 heavy (non-hydrogen) atoms. The standard InChI is InChI=1S/C20H27N3O4/c1-20(2,3)27-19(25)23-12-10-16(11-13-23)26-15-6-4-14(5-7-15)17-8-9-18(24)22-21-17/h4-7,16H,8-13H2,1-3H3,(H,22,24). The van der Waals surface area contributed by atoms with Crippen LogP contribution >= 0.6 is 0 Å². The molecule has 1 saturated heterocycles. The van der Waals surface area contributed by atoms with Gasteiger partial charge in [-0.15, -0.1) is 0 Å². The van der Waals surface area contributed by atoms with Crippen molar-refractivity contribution in [1.82, 2.24) is 10.3 Å². The number of likely N-dealkylation sites (tertiary alicyclic amines) is 1. The fraction of sp³-hybridized carbons (Fsp3) is 0.550. The van der Waals surface area contributed by atoms with Crippen molar-refractivity contribution in [3.63, 3.8) is 0 Å². The highest BCUT2D eigenvalue weighted by Crippen LogP contribution is 2.22. The van der Waals surface area contributed by atoms with E-state index in [0.29, 0.717) is 25.9 Å². The molecule has 0 atom stereocenters. The van der Waals surface area contributed by atoms with Crippen LogP contribution in [0.3, 0.4) is 0 Å². The van der Waals surface area contributed by atoms with Crippen LogP contribution in [0.4, 0.5) is 4.79 Å². The molecule has 0 saturated carbocycles. The Labute approximate surface area is 159 Å². The molecular formula is C20H27N3O4. The molecule has 2 aliphatic heterocycles. The summed E-state index contributed by atoms with van der Waals surface area (Å²) < 4.78 is 11.5. The van der Waals surface area contributed by atoms with Crippen molar-refractivity contribution in [2.45, 2.75) is 58.2 Å². The number of nitrogens with one attached hydrogen (secondary N) is 1. The fourth-order valence-corrected chi connectivity index (χ4v) is 3.08. The number of ether oxygens (including phenoxy) is 2. The van der Waals surface area contributed by atoms with E-state index in [-0.39, 0.29) is 18.1 Å². The minimum atomic E-state index is -0.475. The molecule has 1 fully saturated rings. The summed E-state index contributed by atoms with van der Waals surface area (Å²) in [5.74, 6) is 0.756. The largest absolute Gasteiger partial charge is 0.490 e. The molecule has 7 heteroatoms. The fourth-order valence-electron chi connectivity index (χ4n) is 3.08. The molecule has 0 radical (unpaired) electrons. The van der Waals surface area contributed by atoms with E-state index in [9.17, 15) is 9.59 Å². The molecule has 1 aromatic rings. The summed E-state index contributed by atoms with van der Waals surface area (Å²) in [6, 6.07) is 7.77. The zero-order chi connectivity index (χ0) is 19.4. The van der Waals surface area contributed by atoms with Crippen LogP contribution in [0.1, 0.15) is 52.0 Å². The van der Waals surface area contributed by atoms with Gasteiger partial charge in [-0.1, -0.05) is 0 Å². The molecule has 0 aromatic heterocycles. The van der Waals surface area contributed by atoms with E-state index in [1.807, 2.05) is 45.0 Å². The number of hydrazone groups is 1. The summed E-state index contributed by atoms with van der Waals surface area (Å²) in [6.45, 7) is 6.88. The van der Waals surface area contributed by atoms with Gasteiger partial charge in [0.1, 0.15) is 17.5 Å². The Bertz CT molecular complexity index is 714. The van der Waals surface area contributed by atoms with Gasteiger partial charge in [0.25, 0.3) is 0 Å². The number of hydrogen-bond donors (Lipinski definition) is 1. The molecule has 1 N–H and O–H groups in total. The van der Waals surface area contributed by atoms with Gasteiger partial charge >= 0.3 is 6.09 Å². The van der Waals surface area contributed by atoms with Gasteiger partial charge in [0, 0.05) is 38.8 Å². The first kappa shape index (κ1) is 19.2. The summed E-state index contributed by atoms with van der Waals surface area (Å²) in [6.07, 6.45) is 2.49. The van der Waals surface area contributed by atoms with Gasteiger partial charge in [0.15, 0.2) is 0 Å². The Kier molecular flexibility index (Phi) is 5.68. The first-order valence-electron chi connectivity index (χ1n) is 9.40. The van der Waals surface area contributed by atoms with Crippen LogP contribution in [0.5, 0.6) is 5.75 Å². The Morgan fingerprint density at radius 1 is 1.15 bits per heavy atom. The quantitative estimate of drug-likeness (QED) is 0.883. The topological polar surface area (TPSA) is 80.2 Å². The lowest BCUT2D eigenvalue weighted by Gasteiger charge is -2.33. The highest BCUT2D eigenvalue weighted by molar-refractivity contribution is 6.04. The van der Waals surface area contributed by atoms with Gasteiger partial charge in [0.05, 0.1) is 5.71 Å². The summed E-state index contributed by atoms with van der Waals surface area (Å²) in [4.78, 5) is 25.0. The van der Waals surface area contributed by atoms with Crippen LogP contribution in [-0.2, 0) is 9.53 Å². The number of carbonyl (C=O) groups is 2. The molecule has 2 heterocycles. The minimum Gasteiger partial charge on any atom is -0.490 e. The second-order valence-corrected chi connectivity index (χ2v) is 7.90. The van der Waals surface area contributed by atoms with Crippen LogP contribution in [0.15, 0.2) is 29.4 Å². The molecule has 1 aromatic carbocycles. The van der Waals surface area contributed by atoms with Crippen molar-refractivity contribution >= 4 is 17.7 Å². The first-order chi connectivity index (χ1) is 12.8. The Morgan fingerprint density at radius 2 is 1.81 bits per heavy atom. The van der Waals surface area contributed by atoms with Gasteiger partial charge in [0.2, 0.25) is 5.91 Å². The number of hydrogen-bond acceptors (Lipinski definition) is 5. The Hall–Kier alpha value is -2.57. The zero-order valence-corrected chi connectivity index (χ0v) is 16.2. The monoisotopic (exact) mass is 373 g/mol. The molecule has 0 aliphatic carbocycles. The van der Waals surface area contributed by atoms with E-state index in [0.717, 1.165) is 29.9 Å². The molecule has 2 aliphatic rings. The summed E-state index contributed by atoms with van der Waals surface area (Å²) in [7, 11) is 0. The van der Waals surface area contributed by atoms with Crippen molar-refractivity contribution in [3.05, 3.63) is 29.8 Å². The smallest absolute Gasteiger partial charge is 0.410 e. The lowest BCUT2D eigenvalue weighted by atomic mass is 10.0. The van der Waals surface area contributed by atoms with Crippen LogP contribution in [0.2, 0.25) is 0 Å². The maximum Gasteiger partial charge on any atom is 0.410 e. The van der Waals surface area contributed by atoms with Crippen LogP contribution in [0, 0.1) is 0 Å². The third-order valence-electron chi connectivity index (χ3n) is 4.49. The summed E-state index contributed by atoms with van der Waals surface area (Å²) in [5.41, 5.74) is 3.91. The van der Waals surface area contributed by atoms with Crippen molar-refractivity contribution in [1.29, 1.82) is 0 Å². The third kappa shape index (κ3) is 5.45. The first-order valence-corrected chi connectivity index (χ1v) is 9.40. The number of carbonyl (C=O) groups excluding carboxylic acids is 2. The summed E-state index contributed by atoms with van der Waals surface area (Å²) >= 11 is 0. The maximum absolute atomic E-state index is 12.1. The predicted molar refractivity (Wildman–Crippen MR) is 102 cm³/mol.